The molecule has 4 amide bonds. The highest BCUT2D eigenvalue weighted by atomic mass is 127. The average Bonchev–Trinajstić information content (AvgIpc) is 3.11. The van der Waals surface area contributed by atoms with Crippen molar-refractivity contribution in [2.45, 2.75) is 24.4 Å². The second-order valence-electron chi connectivity index (χ2n) is 10.5. The van der Waals surface area contributed by atoms with Gasteiger partial charge in [0.05, 0.1) is 87.4 Å². The van der Waals surface area contributed by atoms with Crippen LogP contribution in [0.2, 0.25) is 0 Å². The van der Waals surface area contributed by atoms with Gasteiger partial charge in [0, 0.05) is 33.3 Å². The Kier molecular flexibility index (Phi) is 21.5. The number of hydrogen-bond donors (Lipinski definition) is 12. The SMILES string of the molecule is O=C(NCC(O)CO)c1c(I)c(N=Nc2c(I)c(C(=O)NCC(O)CO)c(I)c(C(=O)NCC(O)CO)c2I)c(I)c(C(=O)NCC(O)CO)c1I. The number of nitrogens with zero attached hydrogens (tertiary/aromatic N) is 2. The maximum absolute atomic E-state index is 13.4. The third kappa shape index (κ3) is 12.7. The Labute approximate surface area is 378 Å². The molecular weight excluding hydrogens is 1370 g/mol. The van der Waals surface area contributed by atoms with E-state index >= 15 is 0 Å². The summed E-state index contributed by atoms with van der Waals surface area (Å²) in [7, 11) is 0. The Balaban J connectivity index is 2.90. The second kappa shape index (κ2) is 23.3. The van der Waals surface area contributed by atoms with Gasteiger partial charge in [0.15, 0.2) is 0 Å². The number of hydrogen-bond acceptors (Lipinski definition) is 14. The van der Waals surface area contributed by atoms with Gasteiger partial charge in [0.25, 0.3) is 23.6 Å². The molecule has 2 rings (SSSR count). The predicted octanol–water partition coefficient (Wildman–Crippen LogP) is 0.0616. The summed E-state index contributed by atoms with van der Waals surface area (Å²) in [6.45, 7) is -3.81. The normalized spacial score (nSPS) is 13.7. The highest BCUT2D eigenvalue weighted by Gasteiger charge is 2.31. The van der Waals surface area contributed by atoms with Crippen LogP contribution in [0.15, 0.2) is 10.2 Å². The smallest absolute Gasteiger partial charge is 0.253 e. The lowest BCUT2D eigenvalue weighted by molar-refractivity contribution is 0.0792. The zero-order valence-electron chi connectivity index (χ0n) is 26.3. The van der Waals surface area contributed by atoms with Gasteiger partial charge in [-0.3, -0.25) is 19.2 Å². The maximum Gasteiger partial charge on any atom is 0.253 e. The Morgan fingerprint density at radius 1 is 0.423 bits per heavy atom. The molecular formula is C28H32I6N6O12. The Morgan fingerprint density at radius 2 is 0.615 bits per heavy atom. The number of amides is 4. The molecule has 0 aromatic heterocycles. The van der Waals surface area contributed by atoms with Gasteiger partial charge in [-0.05, 0) is 136 Å². The molecule has 0 heterocycles. The van der Waals surface area contributed by atoms with Crippen molar-refractivity contribution in [1.29, 1.82) is 0 Å². The number of aliphatic hydroxyl groups excluding tert-OH is 8. The van der Waals surface area contributed by atoms with E-state index in [-0.39, 0.29) is 81.2 Å². The first-order valence-electron chi connectivity index (χ1n) is 14.6. The standard InChI is InChI=1S/C28H32I6N6O12/c29-17-13(25(49)35-1-9(45)5-41)19(31)23(20(32)14(17)26(50)36-2-10(46)6-42)39-40-24-21(33)15(27(51)37-3-11(47)7-43)18(30)16(22(24)34)28(52)38-4-12(48)8-44/h9-12,41-48H,1-8H2,(H,35,49)(H,36,50)(H,37,51)(H,38,52). The molecule has 0 saturated carbocycles. The molecule has 0 radical (unpaired) electrons. The Morgan fingerprint density at radius 3 is 0.788 bits per heavy atom. The lowest BCUT2D eigenvalue weighted by Gasteiger charge is -2.19. The summed E-state index contributed by atoms with van der Waals surface area (Å²) in [6.07, 6.45) is -5.09. The van der Waals surface area contributed by atoms with E-state index in [1.54, 1.807) is 45.2 Å². The van der Waals surface area contributed by atoms with Crippen LogP contribution in [0.25, 0.3) is 0 Å². The van der Waals surface area contributed by atoms with Crippen molar-refractivity contribution >= 4 is 171 Å². The molecule has 24 heteroatoms. The fourth-order valence-corrected chi connectivity index (χ4v) is 12.6. The molecule has 0 aliphatic rings. The van der Waals surface area contributed by atoms with E-state index in [0.29, 0.717) is 0 Å². The van der Waals surface area contributed by atoms with Gasteiger partial charge >= 0.3 is 0 Å². The van der Waals surface area contributed by atoms with Crippen molar-refractivity contribution < 1.29 is 60.0 Å². The molecule has 0 saturated heterocycles. The zero-order chi connectivity index (χ0) is 39.4. The topological polar surface area (TPSA) is 303 Å². The number of halogens is 6. The van der Waals surface area contributed by atoms with Gasteiger partial charge in [-0.2, -0.15) is 0 Å². The molecule has 288 valence electrons. The lowest BCUT2D eigenvalue weighted by atomic mass is 10.1. The first-order valence-corrected chi connectivity index (χ1v) is 21.0. The average molecular weight is 1410 g/mol. The van der Waals surface area contributed by atoms with Crippen LogP contribution in [0, 0.1) is 21.4 Å². The maximum atomic E-state index is 13.4. The molecule has 2 aromatic carbocycles. The number of nitrogens with one attached hydrogen (secondary N) is 4. The van der Waals surface area contributed by atoms with Crippen LogP contribution in [0.1, 0.15) is 41.4 Å². The van der Waals surface area contributed by atoms with E-state index in [0.717, 1.165) is 0 Å². The minimum atomic E-state index is -1.27. The minimum absolute atomic E-state index is 0.0154. The summed E-state index contributed by atoms with van der Waals surface area (Å²) in [4.78, 5) is 53.7. The van der Waals surface area contributed by atoms with Crippen LogP contribution >= 0.6 is 136 Å². The highest BCUT2D eigenvalue weighted by molar-refractivity contribution is 14.1. The summed E-state index contributed by atoms with van der Waals surface area (Å²) in [5.74, 6) is -2.93. The summed E-state index contributed by atoms with van der Waals surface area (Å²) in [5, 5.41) is 94.9. The number of carbonyl (C=O) groups is 4. The first kappa shape index (κ1) is 48.1. The third-order valence-electron chi connectivity index (χ3n) is 6.58. The fraction of sp³-hybridized carbons (Fsp3) is 0.429. The first-order chi connectivity index (χ1) is 24.5. The van der Waals surface area contributed by atoms with Crippen molar-refractivity contribution in [1.82, 2.24) is 21.3 Å². The summed E-state index contributed by atoms with van der Waals surface area (Å²) < 4.78 is 1.18. The van der Waals surface area contributed by atoms with Crippen LogP contribution < -0.4 is 21.3 Å². The number of aliphatic hydroxyl groups is 8. The summed E-state index contributed by atoms with van der Waals surface area (Å²) in [6, 6.07) is 0. The van der Waals surface area contributed by atoms with Gasteiger partial charge in [-0.1, -0.05) is 0 Å². The Bertz CT molecular complexity index is 1460. The quantitative estimate of drug-likeness (QED) is 0.0698. The minimum Gasteiger partial charge on any atom is -0.394 e. The molecule has 0 bridgehead atoms. The second-order valence-corrected chi connectivity index (χ2v) is 16.9. The summed E-state index contributed by atoms with van der Waals surface area (Å²) in [5.41, 5.74) is -0.115. The van der Waals surface area contributed by atoms with Crippen molar-refractivity contribution in [3.63, 3.8) is 0 Å². The molecule has 4 atom stereocenters. The van der Waals surface area contributed by atoms with E-state index in [4.69, 9.17) is 0 Å². The van der Waals surface area contributed by atoms with Crippen LogP contribution in [-0.4, -0.2) is 142 Å². The molecule has 4 unspecified atom stereocenters. The van der Waals surface area contributed by atoms with E-state index in [9.17, 15) is 60.0 Å². The van der Waals surface area contributed by atoms with E-state index in [1.165, 1.54) is 0 Å². The number of benzene rings is 2. The molecule has 0 fully saturated rings. The molecule has 0 aliphatic carbocycles. The van der Waals surface area contributed by atoms with E-state index < -0.39 is 74.5 Å². The van der Waals surface area contributed by atoms with E-state index in [1.807, 2.05) is 90.4 Å². The van der Waals surface area contributed by atoms with Gasteiger partial charge in [-0.15, -0.1) is 10.2 Å². The van der Waals surface area contributed by atoms with Crippen molar-refractivity contribution in [2.24, 2.45) is 10.2 Å². The van der Waals surface area contributed by atoms with Crippen molar-refractivity contribution in [3.05, 3.63) is 43.7 Å². The fourth-order valence-electron chi connectivity index (χ4n) is 3.83. The molecule has 0 spiro atoms. The zero-order valence-corrected chi connectivity index (χ0v) is 39.3. The number of rotatable bonds is 18. The van der Waals surface area contributed by atoms with Crippen molar-refractivity contribution in [2.75, 3.05) is 52.6 Å². The van der Waals surface area contributed by atoms with Crippen LogP contribution in [0.5, 0.6) is 0 Å². The van der Waals surface area contributed by atoms with Crippen molar-refractivity contribution in [3.8, 4) is 0 Å². The Hall–Kier alpha value is -0.0200. The van der Waals surface area contributed by atoms with Gasteiger partial charge in [0.2, 0.25) is 0 Å². The highest BCUT2D eigenvalue weighted by Crippen LogP contribution is 2.41. The van der Waals surface area contributed by atoms with Crippen LogP contribution in [0.3, 0.4) is 0 Å². The monoisotopic (exact) mass is 1410 g/mol. The molecule has 52 heavy (non-hydrogen) atoms. The summed E-state index contributed by atoms with van der Waals surface area (Å²) >= 11 is 10.9. The van der Waals surface area contributed by atoms with E-state index in [2.05, 4.69) is 31.5 Å². The molecule has 18 nitrogen and oxygen atoms in total. The largest absolute Gasteiger partial charge is 0.394 e. The van der Waals surface area contributed by atoms with Gasteiger partial charge in [-0.25, -0.2) is 0 Å². The van der Waals surface area contributed by atoms with Gasteiger partial charge in [0.1, 0.15) is 11.4 Å². The molecule has 2 aromatic rings. The van der Waals surface area contributed by atoms with Crippen LogP contribution in [-0.2, 0) is 0 Å². The molecule has 12 N–H and O–H groups in total. The molecule has 0 aliphatic heterocycles. The lowest BCUT2D eigenvalue weighted by Crippen LogP contribution is -2.37. The number of carbonyl (C=O) groups excluding carboxylic acids is 4. The van der Waals surface area contributed by atoms with Crippen LogP contribution in [0.4, 0.5) is 11.4 Å². The third-order valence-corrected chi connectivity index (χ3v) is 12.9. The predicted molar refractivity (Wildman–Crippen MR) is 235 cm³/mol. The van der Waals surface area contributed by atoms with Gasteiger partial charge < -0.3 is 62.1 Å². The number of azo groups is 1.